The molecule has 142 valence electrons. The molecular formula is C13H15ClF5N3O2S. The van der Waals surface area contributed by atoms with Gasteiger partial charge in [0.1, 0.15) is 22.2 Å². The van der Waals surface area contributed by atoms with Gasteiger partial charge in [0.25, 0.3) is 0 Å². The summed E-state index contributed by atoms with van der Waals surface area (Å²) >= 11 is 5.84. The molecule has 5 nitrogen and oxygen atoms in total. The molecule has 25 heavy (non-hydrogen) atoms. The minimum Gasteiger partial charge on any atom is -0.503 e. The second-order valence-electron chi connectivity index (χ2n) is 6.40. The van der Waals surface area contributed by atoms with Gasteiger partial charge in [-0.3, -0.25) is 0 Å². The second-order valence-corrected chi connectivity index (χ2v) is 9.12. The molecule has 0 spiro atoms. The number of fused-ring (bicyclic) bond motifs is 1. The van der Waals surface area contributed by atoms with Gasteiger partial charge in [-0.1, -0.05) is 51.8 Å². The van der Waals surface area contributed by atoms with Gasteiger partial charge in [0.05, 0.1) is 12.5 Å². The largest absolute Gasteiger partial charge is 0.503 e. The van der Waals surface area contributed by atoms with Crippen molar-refractivity contribution in [2.75, 3.05) is 12.8 Å². The van der Waals surface area contributed by atoms with Crippen LogP contribution < -0.4 is 10.5 Å². The van der Waals surface area contributed by atoms with Crippen LogP contribution in [-0.2, 0) is 5.41 Å². The van der Waals surface area contributed by atoms with E-state index in [1.165, 1.54) is 0 Å². The van der Waals surface area contributed by atoms with E-state index < -0.39 is 53.8 Å². The van der Waals surface area contributed by atoms with Crippen LogP contribution in [0.25, 0.3) is 10.9 Å². The highest BCUT2D eigenvalue weighted by molar-refractivity contribution is 8.46. The minimum absolute atomic E-state index is 0.0305. The number of phenols is 1. The Labute approximate surface area is 144 Å². The second kappa shape index (κ2) is 4.70. The van der Waals surface area contributed by atoms with Crippen molar-refractivity contribution < 1.29 is 29.3 Å². The fourth-order valence-electron chi connectivity index (χ4n) is 2.19. The van der Waals surface area contributed by atoms with Gasteiger partial charge in [0.2, 0.25) is 0 Å². The van der Waals surface area contributed by atoms with Crippen molar-refractivity contribution >= 4 is 38.5 Å². The summed E-state index contributed by atoms with van der Waals surface area (Å²) in [7, 11) is -9.66. The smallest absolute Gasteiger partial charge is 0.314 e. The molecule has 12 heteroatoms. The zero-order valence-electron chi connectivity index (χ0n) is 13.5. The number of methoxy groups -OCH3 is 1. The summed E-state index contributed by atoms with van der Waals surface area (Å²) in [4.78, 5) is 5.04. The molecule has 0 bridgehead atoms. The SMILES string of the molecule is COc1c(O)c(Cl)c2nc(C(C)(C)C)nc(N)c2c1S(F)(F)(F)(F)F. The maximum atomic E-state index is 13.6. The van der Waals surface area contributed by atoms with Crippen molar-refractivity contribution in [1.29, 1.82) is 0 Å². The van der Waals surface area contributed by atoms with Gasteiger partial charge in [-0.05, 0) is 0 Å². The van der Waals surface area contributed by atoms with E-state index >= 15 is 0 Å². The molecule has 1 heterocycles. The van der Waals surface area contributed by atoms with Crippen LogP contribution in [0.2, 0.25) is 5.02 Å². The number of halogens is 6. The molecule has 0 unspecified atom stereocenters. The van der Waals surface area contributed by atoms with E-state index in [1.807, 2.05) is 0 Å². The van der Waals surface area contributed by atoms with Crippen molar-refractivity contribution in [2.24, 2.45) is 0 Å². The zero-order chi connectivity index (χ0) is 19.6. The Morgan fingerprint density at radius 1 is 1.12 bits per heavy atom. The maximum Gasteiger partial charge on any atom is 0.314 e. The highest BCUT2D eigenvalue weighted by Gasteiger charge is 2.69. The Bertz CT molecular complexity index is 898. The number of anilines is 1. The van der Waals surface area contributed by atoms with Crippen LogP contribution in [-0.4, -0.2) is 22.2 Å². The average Bonchev–Trinajstić information content (AvgIpc) is 2.38. The van der Waals surface area contributed by atoms with Crippen molar-refractivity contribution in [3.8, 4) is 11.5 Å². The Morgan fingerprint density at radius 3 is 2.04 bits per heavy atom. The lowest BCUT2D eigenvalue weighted by atomic mass is 9.95. The highest BCUT2D eigenvalue weighted by Crippen LogP contribution is 3.04. The van der Waals surface area contributed by atoms with Crippen molar-refractivity contribution in [3.63, 3.8) is 0 Å². The number of hydrogen-bond donors (Lipinski definition) is 2. The number of aromatic nitrogens is 2. The first-order valence-corrected chi connectivity index (χ1v) is 9.01. The number of hydrogen-bond acceptors (Lipinski definition) is 5. The summed E-state index contributed by atoms with van der Waals surface area (Å²) in [6, 6.07) is 0. The predicted molar refractivity (Wildman–Crippen MR) is 87.3 cm³/mol. The van der Waals surface area contributed by atoms with E-state index in [0.29, 0.717) is 7.11 Å². The monoisotopic (exact) mass is 407 g/mol. The van der Waals surface area contributed by atoms with E-state index in [2.05, 4.69) is 14.7 Å². The first kappa shape index (κ1) is 19.6. The van der Waals surface area contributed by atoms with E-state index in [4.69, 9.17) is 17.3 Å². The van der Waals surface area contributed by atoms with Gasteiger partial charge in [-0.25, -0.2) is 9.97 Å². The number of nitrogens with two attached hydrogens (primary N) is 1. The zero-order valence-corrected chi connectivity index (χ0v) is 15.1. The lowest BCUT2D eigenvalue weighted by molar-refractivity contribution is 0.333. The normalized spacial score (nSPS) is 15.8. The van der Waals surface area contributed by atoms with Gasteiger partial charge in [0, 0.05) is 5.41 Å². The third-order valence-corrected chi connectivity index (χ3v) is 4.78. The summed E-state index contributed by atoms with van der Waals surface area (Å²) in [5.41, 5.74) is 4.05. The maximum absolute atomic E-state index is 13.6. The lowest BCUT2D eigenvalue weighted by Gasteiger charge is -2.42. The third-order valence-electron chi connectivity index (χ3n) is 3.26. The number of phenolic OH excluding ortho intramolecular Hbond substituents is 1. The van der Waals surface area contributed by atoms with Crippen LogP contribution in [0.4, 0.5) is 25.2 Å². The first-order valence-electron chi connectivity index (χ1n) is 6.68. The fraction of sp³-hybridized carbons (Fsp3) is 0.385. The first-order chi connectivity index (χ1) is 10.9. The Morgan fingerprint density at radius 2 is 1.64 bits per heavy atom. The Hall–Kier alpha value is -1.75. The average molecular weight is 408 g/mol. The molecule has 1 aromatic heterocycles. The number of benzene rings is 1. The van der Waals surface area contributed by atoms with Crippen LogP contribution in [0.3, 0.4) is 0 Å². The van der Waals surface area contributed by atoms with E-state index in [-0.39, 0.29) is 5.82 Å². The van der Waals surface area contributed by atoms with E-state index in [0.717, 1.165) is 0 Å². The molecule has 3 N–H and O–H groups in total. The van der Waals surface area contributed by atoms with E-state index in [9.17, 15) is 24.5 Å². The molecular weight excluding hydrogens is 393 g/mol. The molecule has 0 fully saturated rings. The summed E-state index contributed by atoms with van der Waals surface area (Å²) in [5, 5.41) is 7.97. The molecule has 0 atom stereocenters. The van der Waals surface area contributed by atoms with Gasteiger partial charge in [0.15, 0.2) is 16.4 Å². The van der Waals surface area contributed by atoms with Gasteiger partial charge in [-0.15, -0.1) is 0 Å². The molecule has 0 aliphatic carbocycles. The summed E-state index contributed by atoms with van der Waals surface area (Å²) < 4.78 is 72.4. The Balaban J connectivity index is 3.22. The third kappa shape index (κ3) is 3.34. The summed E-state index contributed by atoms with van der Waals surface area (Å²) in [5.74, 6) is -3.72. The molecule has 1 aromatic carbocycles. The summed E-state index contributed by atoms with van der Waals surface area (Å²) in [6.45, 7) is 4.91. The molecule has 0 saturated heterocycles. The standard InChI is InChI=1S/C13H15ClF5N3O2S/c1-13(2,3)12-21-7-5(11(20)22-12)10(25(15,16,17,18)19)9(24-4)8(23)6(7)14/h23H,1-4H3,(H2,20,21,22). The van der Waals surface area contributed by atoms with E-state index in [1.54, 1.807) is 20.8 Å². The number of ether oxygens (including phenoxy) is 1. The van der Waals surface area contributed by atoms with Crippen LogP contribution >= 0.6 is 21.8 Å². The van der Waals surface area contributed by atoms with Crippen molar-refractivity contribution in [2.45, 2.75) is 31.1 Å². The van der Waals surface area contributed by atoms with Crippen LogP contribution in [0.1, 0.15) is 26.6 Å². The topological polar surface area (TPSA) is 81.3 Å². The molecule has 0 amide bonds. The molecule has 0 aliphatic rings. The van der Waals surface area contributed by atoms with Gasteiger partial charge >= 0.3 is 10.2 Å². The summed E-state index contributed by atoms with van der Waals surface area (Å²) in [6.07, 6.45) is 0. The van der Waals surface area contributed by atoms with Crippen LogP contribution in [0.5, 0.6) is 11.5 Å². The van der Waals surface area contributed by atoms with Gasteiger partial charge in [-0.2, -0.15) is 0 Å². The number of rotatable bonds is 2. The lowest BCUT2D eigenvalue weighted by Crippen LogP contribution is -2.18. The molecule has 0 aliphatic heterocycles. The molecule has 0 radical (unpaired) electrons. The fourth-order valence-corrected chi connectivity index (χ4v) is 3.53. The minimum atomic E-state index is -10.3. The predicted octanol–water partition coefficient (Wildman–Crippen LogP) is 5.53. The van der Waals surface area contributed by atoms with Crippen molar-refractivity contribution in [1.82, 2.24) is 9.97 Å². The number of nitrogen functional groups attached to an aromatic ring is 1. The highest BCUT2D eigenvalue weighted by atomic mass is 35.5. The van der Waals surface area contributed by atoms with Crippen molar-refractivity contribution in [3.05, 3.63) is 10.8 Å². The molecule has 2 aromatic rings. The molecule has 0 saturated carbocycles. The van der Waals surface area contributed by atoms with Crippen LogP contribution in [0, 0.1) is 0 Å². The van der Waals surface area contributed by atoms with Gasteiger partial charge < -0.3 is 15.6 Å². The van der Waals surface area contributed by atoms with Crippen LogP contribution in [0.15, 0.2) is 4.90 Å². The number of aromatic hydroxyl groups is 1. The molecule has 2 rings (SSSR count). The quantitative estimate of drug-likeness (QED) is 0.639. The Kier molecular flexibility index (Phi) is 3.68. The number of nitrogens with zero attached hydrogens (tertiary/aromatic N) is 2.